The van der Waals surface area contributed by atoms with Crippen LogP contribution in [0.1, 0.15) is 16.0 Å². The highest BCUT2D eigenvalue weighted by Gasteiger charge is 2.33. The number of benzene rings is 1. The molecule has 0 saturated heterocycles. The number of amides is 1. The Morgan fingerprint density at radius 2 is 2.12 bits per heavy atom. The molecule has 1 atom stereocenters. The van der Waals surface area contributed by atoms with E-state index in [1.165, 1.54) is 22.7 Å². The van der Waals surface area contributed by atoms with Gasteiger partial charge in [-0.15, -0.1) is 11.3 Å². The second-order valence-corrected chi connectivity index (χ2v) is 7.46. The third-order valence-corrected chi connectivity index (χ3v) is 5.53. The van der Waals surface area contributed by atoms with E-state index >= 15 is 0 Å². The molecular weight excluding hydrogens is 354 g/mol. The quantitative estimate of drug-likeness (QED) is 0.666. The fraction of sp³-hybridized carbons (Fsp3) is 0.211. The van der Waals surface area contributed by atoms with E-state index in [0.717, 1.165) is 16.0 Å². The van der Waals surface area contributed by atoms with Crippen LogP contribution in [0.3, 0.4) is 0 Å². The van der Waals surface area contributed by atoms with Crippen LogP contribution in [-0.4, -0.2) is 24.2 Å². The SMILES string of the molecule is Cc1cccc(OCC(=O)NCC(O)(c2ccsc2)c2cccs2)c1. The van der Waals surface area contributed by atoms with Crippen LogP contribution in [0.15, 0.2) is 58.6 Å². The van der Waals surface area contributed by atoms with Crippen LogP contribution in [0.25, 0.3) is 0 Å². The smallest absolute Gasteiger partial charge is 0.258 e. The van der Waals surface area contributed by atoms with Crippen molar-refractivity contribution in [1.29, 1.82) is 0 Å². The molecule has 0 spiro atoms. The highest BCUT2D eigenvalue weighted by molar-refractivity contribution is 7.10. The molecule has 130 valence electrons. The number of ether oxygens (including phenoxy) is 1. The maximum Gasteiger partial charge on any atom is 0.258 e. The maximum atomic E-state index is 12.1. The fourth-order valence-corrected chi connectivity index (χ4v) is 4.05. The third kappa shape index (κ3) is 4.28. The molecule has 2 aromatic heterocycles. The summed E-state index contributed by atoms with van der Waals surface area (Å²) in [6.45, 7) is 1.97. The summed E-state index contributed by atoms with van der Waals surface area (Å²) in [4.78, 5) is 12.9. The Bertz CT molecular complexity index is 779. The first-order chi connectivity index (χ1) is 12.1. The number of hydrogen-bond acceptors (Lipinski definition) is 5. The molecule has 1 unspecified atom stereocenters. The summed E-state index contributed by atoms with van der Waals surface area (Å²) >= 11 is 2.98. The van der Waals surface area contributed by atoms with Gasteiger partial charge in [0.2, 0.25) is 0 Å². The lowest BCUT2D eigenvalue weighted by molar-refractivity contribution is -0.124. The van der Waals surface area contributed by atoms with Crippen molar-refractivity contribution in [2.45, 2.75) is 12.5 Å². The van der Waals surface area contributed by atoms with Crippen LogP contribution in [0, 0.1) is 6.92 Å². The van der Waals surface area contributed by atoms with Gasteiger partial charge in [0.05, 0.1) is 6.54 Å². The van der Waals surface area contributed by atoms with Crippen LogP contribution >= 0.6 is 22.7 Å². The normalized spacial score (nSPS) is 13.2. The highest BCUT2D eigenvalue weighted by Crippen LogP contribution is 2.33. The first-order valence-electron chi connectivity index (χ1n) is 7.83. The lowest BCUT2D eigenvalue weighted by atomic mass is 9.94. The van der Waals surface area contributed by atoms with Gasteiger partial charge in [-0.2, -0.15) is 11.3 Å². The van der Waals surface area contributed by atoms with Gasteiger partial charge in [0.1, 0.15) is 11.4 Å². The van der Waals surface area contributed by atoms with Crippen molar-refractivity contribution in [1.82, 2.24) is 5.32 Å². The third-order valence-electron chi connectivity index (χ3n) is 3.83. The molecule has 0 bridgehead atoms. The maximum absolute atomic E-state index is 12.1. The van der Waals surface area contributed by atoms with Gasteiger partial charge in [-0.25, -0.2) is 0 Å². The molecule has 4 nitrogen and oxygen atoms in total. The fourth-order valence-electron chi connectivity index (χ4n) is 2.48. The van der Waals surface area contributed by atoms with Gasteiger partial charge in [0.25, 0.3) is 5.91 Å². The van der Waals surface area contributed by atoms with Crippen LogP contribution in [0.5, 0.6) is 5.75 Å². The minimum absolute atomic E-state index is 0.0897. The average molecular weight is 373 g/mol. The Labute approximate surface area is 154 Å². The van der Waals surface area contributed by atoms with E-state index in [4.69, 9.17) is 4.74 Å². The number of nitrogens with one attached hydrogen (secondary N) is 1. The molecule has 2 heterocycles. The summed E-state index contributed by atoms with van der Waals surface area (Å²) in [5.41, 5.74) is 0.620. The zero-order chi connectivity index (χ0) is 17.7. The molecule has 0 aliphatic rings. The molecule has 1 amide bonds. The first kappa shape index (κ1) is 17.7. The predicted octanol–water partition coefficient (Wildman–Crippen LogP) is 3.55. The molecule has 3 rings (SSSR count). The Morgan fingerprint density at radius 3 is 2.80 bits per heavy atom. The standard InChI is InChI=1S/C19H19NO3S2/c1-14-4-2-5-16(10-14)23-11-18(21)20-13-19(22,15-7-9-24-12-15)17-6-3-8-25-17/h2-10,12,22H,11,13H2,1H3,(H,20,21). The lowest BCUT2D eigenvalue weighted by Crippen LogP contribution is -2.42. The zero-order valence-electron chi connectivity index (χ0n) is 13.8. The van der Waals surface area contributed by atoms with E-state index in [2.05, 4.69) is 5.32 Å². The van der Waals surface area contributed by atoms with Crippen LogP contribution in [0.2, 0.25) is 0 Å². The first-order valence-corrected chi connectivity index (χ1v) is 9.65. The number of thiophene rings is 2. The molecule has 1 aromatic carbocycles. The van der Waals surface area contributed by atoms with E-state index in [9.17, 15) is 9.90 Å². The highest BCUT2D eigenvalue weighted by atomic mass is 32.1. The van der Waals surface area contributed by atoms with Crippen LogP contribution < -0.4 is 10.1 Å². The van der Waals surface area contributed by atoms with Crippen molar-refractivity contribution in [3.8, 4) is 5.75 Å². The van der Waals surface area contributed by atoms with Crippen molar-refractivity contribution < 1.29 is 14.6 Å². The van der Waals surface area contributed by atoms with Crippen molar-refractivity contribution in [2.24, 2.45) is 0 Å². The Kier molecular flexibility index (Phi) is 5.53. The second kappa shape index (κ2) is 7.82. The van der Waals surface area contributed by atoms with Gasteiger partial charge in [-0.1, -0.05) is 18.2 Å². The monoisotopic (exact) mass is 373 g/mol. The largest absolute Gasteiger partial charge is 0.484 e. The Morgan fingerprint density at radius 1 is 1.24 bits per heavy atom. The van der Waals surface area contributed by atoms with Gasteiger partial charge < -0.3 is 15.2 Å². The molecule has 3 aromatic rings. The average Bonchev–Trinajstić information content (AvgIpc) is 3.32. The number of rotatable bonds is 7. The van der Waals surface area contributed by atoms with Crippen molar-refractivity contribution >= 4 is 28.6 Å². The molecule has 0 saturated carbocycles. The predicted molar refractivity (Wildman–Crippen MR) is 101 cm³/mol. The summed E-state index contributed by atoms with van der Waals surface area (Å²) in [7, 11) is 0. The zero-order valence-corrected chi connectivity index (χ0v) is 15.4. The van der Waals surface area contributed by atoms with E-state index in [1.54, 1.807) is 0 Å². The lowest BCUT2D eigenvalue weighted by Gasteiger charge is -2.27. The van der Waals surface area contributed by atoms with Gasteiger partial charge in [-0.3, -0.25) is 4.79 Å². The summed E-state index contributed by atoms with van der Waals surface area (Å²) in [6.07, 6.45) is 0. The molecule has 2 N–H and O–H groups in total. The molecule has 0 fully saturated rings. The van der Waals surface area contributed by atoms with Crippen molar-refractivity contribution in [3.63, 3.8) is 0 Å². The number of aliphatic hydroxyl groups is 1. The van der Waals surface area contributed by atoms with Crippen molar-refractivity contribution in [2.75, 3.05) is 13.2 Å². The molecular formula is C19H19NO3S2. The summed E-state index contributed by atoms with van der Waals surface area (Å²) in [5.74, 6) is 0.383. The summed E-state index contributed by atoms with van der Waals surface area (Å²) < 4.78 is 5.51. The van der Waals surface area contributed by atoms with E-state index < -0.39 is 5.60 Å². The minimum Gasteiger partial charge on any atom is -0.484 e. The molecule has 0 aliphatic carbocycles. The van der Waals surface area contributed by atoms with E-state index in [-0.39, 0.29) is 19.1 Å². The summed E-state index contributed by atoms with van der Waals surface area (Å²) in [5, 5.41) is 19.7. The molecule has 0 radical (unpaired) electrons. The van der Waals surface area contributed by atoms with E-state index in [0.29, 0.717) is 5.75 Å². The summed E-state index contributed by atoms with van der Waals surface area (Å²) in [6, 6.07) is 13.2. The number of carbonyl (C=O) groups excluding carboxylic acids is 1. The Hall–Kier alpha value is -2.15. The number of aryl methyl sites for hydroxylation is 1. The number of hydrogen-bond donors (Lipinski definition) is 2. The Balaban J connectivity index is 1.63. The van der Waals surface area contributed by atoms with Gasteiger partial charge >= 0.3 is 0 Å². The second-order valence-electron chi connectivity index (χ2n) is 5.73. The van der Waals surface area contributed by atoms with Gasteiger partial charge in [0.15, 0.2) is 6.61 Å². The minimum atomic E-state index is -1.23. The molecule has 6 heteroatoms. The van der Waals surface area contributed by atoms with Gasteiger partial charge in [0, 0.05) is 10.4 Å². The van der Waals surface area contributed by atoms with Crippen molar-refractivity contribution in [3.05, 3.63) is 74.6 Å². The topological polar surface area (TPSA) is 58.6 Å². The van der Waals surface area contributed by atoms with Gasteiger partial charge in [-0.05, 0) is 52.9 Å². The number of carbonyl (C=O) groups is 1. The van der Waals surface area contributed by atoms with Crippen LogP contribution in [0.4, 0.5) is 0 Å². The van der Waals surface area contributed by atoms with E-state index in [1.807, 2.05) is 65.5 Å². The molecule has 0 aliphatic heterocycles. The molecule has 25 heavy (non-hydrogen) atoms. The van der Waals surface area contributed by atoms with Crippen LogP contribution in [-0.2, 0) is 10.4 Å².